The van der Waals surface area contributed by atoms with Crippen molar-refractivity contribution in [2.24, 2.45) is 17.6 Å². The molecule has 0 radical (unpaired) electrons. The zero-order valence-electron chi connectivity index (χ0n) is 17.1. The molecule has 3 N–H and O–H groups in total. The molecule has 1 aliphatic carbocycles. The van der Waals surface area contributed by atoms with Crippen LogP contribution in [-0.2, 0) is 4.79 Å². The smallest absolute Gasteiger partial charge is 0.254 e. The summed E-state index contributed by atoms with van der Waals surface area (Å²) in [5.41, 5.74) is 6.92. The average molecular weight is 447 g/mol. The maximum atomic E-state index is 12.8. The van der Waals surface area contributed by atoms with Gasteiger partial charge in [-0.05, 0) is 50.6 Å². The van der Waals surface area contributed by atoms with E-state index in [1.165, 1.54) is 0 Å². The van der Waals surface area contributed by atoms with Crippen molar-refractivity contribution >= 4 is 42.3 Å². The number of hydrogen-bond acceptors (Lipinski definition) is 5. The number of hydrogen-bond donors (Lipinski definition) is 2. The van der Waals surface area contributed by atoms with Crippen molar-refractivity contribution in [3.8, 4) is 5.75 Å². The second-order valence-corrected chi connectivity index (χ2v) is 7.53. The molecule has 7 nitrogen and oxygen atoms in total. The number of carbonyl (C=O) groups is 2. The van der Waals surface area contributed by atoms with Crippen LogP contribution in [0.5, 0.6) is 5.75 Å². The normalized spacial score (nSPS) is 21.7. The Morgan fingerprint density at radius 3 is 2.48 bits per heavy atom. The molecule has 3 rings (SSSR count). The lowest BCUT2D eigenvalue weighted by Gasteiger charge is -2.32. The van der Waals surface area contributed by atoms with Crippen molar-refractivity contribution in [2.75, 3.05) is 52.2 Å². The second kappa shape index (κ2) is 11.6. The van der Waals surface area contributed by atoms with Crippen molar-refractivity contribution in [3.05, 3.63) is 23.8 Å². The highest BCUT2D eigenvalue weighted by Gasteiger charge is 2.32. The number of likely N-dealkylation sites (N-methyl/N-ethyl adjacent to an activating group) is 1. The molecule has 1 heterocycles. The Balaban J connectivity index is 0.00000210. The Bertz CT molecular complexity index is 696. The number of ether oxygens (including phenoxy) is 1. The summed E-state index contributed by atoms with van der Waals surface area (Å²) in [6, 6.07) is 5.23. The van der Waals surface area contributed by atoms with Gasteiger partial charge < -0.3 is 25.6 Å². The van der Waals surface area contributed by atoms with Gasteiger partial charge in [0.15, 0.2) is 0 Å². The Labute approximate surface area is 185 Å². The van der Waals surface area contributed by atoms with Crippen LogP contribution in [0.4, 0.5) is 5.69 Å². The predicted molar refractivity (Wildman–Crippen MR) is 119 cm³/mol. The Morgan fingerprint density at radius 2 is 1.86 bits per heavy atom. The van der Waals surface area contributed by atoms with E-state index < -0.39 is 0 Å². The molecule has 0 unspecified atom stereocenters. The number of anilines is 1. The first-order chi connectivity index (χ1) is 13.0. The molecule has 2 amide bonds. The molecule has 1 aromatic carbocycles. The predicted octanol–water partition coefficient (Wildman–Crippen LogP) is 2.24. The first-order valence-corrected chi connectivity index (χ1v) is 9.70. The lowest BCUT2D eigenvalue weighted by atomic mass is 9.95. The zero-order chi connectivity index (χ0) is 19.4. The maximum Gasteiger partial charge on any atom is 0.254 e. The SMILES string of the molecule is COc1ccc(C(=O)N2CCN(C)CC2)cc1NC(=O)[C@@H]1CCC[C@@H]1CN.Cl.Cl. The highest BCUT2D eigenvalue weighted by Crippen LogP contribution is 2.33. The van der Waals surface area contributed by atoms with Crippen LogP contribution >= 0.6 is 24.8 Å². The second-order valence-electron chi connectivity index (χ2n) is 7.53. The van der Waals surface area contributed by atoms with Gasteiger partial charge in [-0.1, -0.05) is 6.42 Å². The monoisotopic (exact) mass is 446 g/mol. The molecule has 1 aliphatic heterocycles. The van der Waals surface area contributed by atoms with E-state index in [2.05, 4.69) is 17.3 Å². The molecule has 0 spiro atoms. The lowest BCUT2D eigenvalue weighted by molar-refractivity contribution is -0.120. The fourth-order valence-electron chi connectivity index (χ4n) is 4.02. The molecular formula is C20H32Cl2N4O3. The summed E-state index contributed by atoms with van der Waals surface area (Å²) in [4.78, 5) is 29.6. The Hall–Kier alpha value is -1.54. The van der Waals surface area contributed by atoms with Gasteiger partial charge in [0, 0.05) is 37.7 Å². The molecule has 2 fully saturated rings. The van der Waals surface area contributed by atoms with Gasteiger partial charge in [0.2, 0.25) is 5.91 Å². The minimum absolute atomic E-state index is 0. The number of nitrogens with zero attached hydrogens (tertiary/aromatic N) is 2. The van der Waals surface area contributed by atoms with E-state index in [9.17, 15) is 9.59 Å². The van der Waals surface area contributed by atoms with E-state index in [1.807, 2.05) is 4.90 Å². The van der Waals surface area contributed by atoms with Gasteiger partial charge in [-0.15, -0.1) is 24.8 Å². The van der Waals surface area contributed by atoms with E-state index in [4.69, 9.17) is 10.5 Å². The Morgan fingerprint density at radius 1 is 1.17 bits per heavy atom. The standard InChI is InChI=1S/C20H30N4O3.2ClH/c1-23-8-10-24(11-9-23)20(26)14-6-7-18(27-2)17(12-14)22-19(25)16-5-3-4-15(16)13-21;;/h6-7,12,15-16H,3-5,8-11,13,21H2,1-2H3,(H,22,25);2*1H/t15-,16-;;/m1../s1. The first kappa shape index (κ1) is 25.5. The average Bonchev–Trinajstić information content (AvgIpc) is 3.17. The summed E-state index contributed by atoms with van der Waals surface area (Å²) < 4.78 is 5.39. The third-order valence-electron chi connectivity index (χ3n) is 5.79. The van der Waals surface area contributed by atoms with Crippen molar-refractivity contribution in [2.45, 2.75) is 19.3 Å². The van der Waals surface area contributed by atoms with Gasteiger partial charge in [-0.3, -0.25) is 9.59 Å². The third kappa shape index (κ3) is 5.98. The number of methoxy groups -OCH3 is 1. The quantitative estimate of drug-likeness (QED) is 0.723. The summed E-state index contributed by atoms with van der Waals surface area (Å²) >= 11 is 0. The van der Waals surface area contributed by atoms with Gasteiger partial charge in [-0.2, -0.15) is 0 Å². The van der Waals surface area contributed by atoms with Crippen LogP contribution in [0.25, 0.3) is 0 Å². The summed E-state index contributed by atoms with van der Waals surface area (Å²) in [6.45, 7) is 3.69. The van der Waals surface area contributed by atoms with E-state index in [0.717, 1.165) is 32.4 Å². The van der Waals surface area contributed by atoms with E-state index in [-0.39, 0.29) is 48.5 Å². The largest absolute Gasteiger partial charge is 0.495 e. The molecule has 0 aromatic heterocycles. The number of rotatable bonds is 5. The topological polar surface area (TPSA) is 87.9 Å². The molecule has 1 aromatic rings. The Kier molecular flexibility index (Phi) is 10.2. The van der Waals surface area contributed by atoms with Crippen LogP contribution in [0.1, 0.15) is 29.6 Å². The lowest BCUT2D eigenvalue weighted by Crippen LogP contribution is -2.47. The molecule has 1 saturated carbocycles. The highest BCUT2D eigenvalue weighted by molar-refractivity contribution is 5.99. The fraction of sp³-hybridized carbons (Fsp3) is 0.600. The molecular weight excluding hydrogens is 415 g/mol. The van der Waals surface area contributed by atoms with E-state index >= 15 is 0 Å². The van der Waals surface area contributed by atoms with Crippen LogP contribution in [0.15, 0.2) is 18.2 Å². The van der Waals surface area contributed by atoms with Crippen molar-refractivity contribution in [1.82, 2.24) is 9.80 Å². The van der Waals surface area contributed by atoms with Gasteiger partial charge >= 0.3 is 0 Å². The molecule has 29 heavy (non-hydrogen) atoms. The van der Waals surface area contributed by atoms with Gasteiger partial charge in [0.05, 0.1) is 12.8 Å². The van der Waals surface area contributed by atoms with E-state index in [0.29, 0.717) is 36.6 Å². The number of halogens is 2. The summed E-state index contributed by atoms with van der Waals surface area (Å²) in [5.74, 6) is 0.663. The zero-order valence-corrected chi connectivity index (χ0v) is 18.7. The number of piperazine rings is 1. The van der Waals surface area contributed by atoms with Gasteiger partial charge in [0.25, 0.3) is 5.91 Å². The van der Waals surface area contributed by atoms with Crippen LogP contribution in [0.3, 0.4) is 0 Å². The number of carbonyl (C=O) groups excluding carboxylic acids is 2. The molecule has 9 heteroatoms. The van der Waals surface area contributed by atoms with Crippen LogP contribution in [0.2, 0.25) is 0 Å². The molecule has 2 atom stereocenters. The van der Waals surface area contributed by atoms with Crippen molar-refractivity contribution < 1.29 is 14.3 Å². The number of benzene rings is 1. The van der Waals surface area contributed by atoms with Gasteiger partial charge in [-0.25, -0.2) is 0 Å². The molecule has 0 bridgehead atoms. The van der Waals surface area contributed by atoms with Crippen LogP contribution in [-0.4, -0.2) is 68.5 Å². The van der Waals surface area contributed by atoms with E-state index in [1.54, 1.807) is 25.3 Å². The molecule has 2 aliphatic rings. The number of nitrogens with one attached hydrogen (secondary N) is 1. The first-order valence-electron chi connectivity index (χ1n) is 9.70. The van der Waals surface area contributed by atoms with Crippen LogP contribution in [0, 0.1) is 11.8 Å². The van der Waals surface area contributed by atoms with Gasteiger partial charge in [0.1, 0.15) is 5.75 Å². The summed E-state index contributed by atoms with van der Waals surface area (Å²) in [5, 5.41) is 2.97. The minimum atomic E-state index is -0.0725. The highest BCUT2D eigenvalue weighted by atomic mass is 35.5. The number of nitrogens with two attached hydrogens (primary N) is 1. The fourth-order valence-corrected chi connectivity index (χ4v) is 4.02. The van der Waals surface area contributed by atoms with Crippen LogP contribution < -0.4 is 15.8 Å². The minimum Gasteiger partial charge on any atom is -0.495 e. The number of amides is 2. The third-order valence-corrected chi connectivity index (χ3v) is 5.79. The van der Waals surface area contributed by atoms with Crippen molar-refractivity contribution in [1.29, 1.82) is 0 Å². The molecule has 164 valence electrons. The summed E-state index contributed by atoms with van der Waals surface area (Å²) in [7, 11) is 3.62. The maximum absolute atomic E-state index is 12.8. The summed E-state index contributed by atoms with van der Waals surface area (Å²) in [6.07, 6.45) is 2.88. The molecule has 1 saturated heterocycles. The van der Waals surface area contributed by atoms with Crippen molar-refractivity contribution in [3.63, 3.8) is 0 Å².